The van der Waals surface area contributed by atoms with Crippen molar-refractivity contribution in [3.63, 3.8) is 0 Å². The Morgan fingerprint density at radius 1 is 1.31 bits per heavy atom. The Kier molecular flexibility index (Phi) is 5.50. The number of hydrogen-bond donors (Lipinski definition) is 0. The molecule has 2 aliphatic rings. The zero-order valence-corrected chi connectivity index (χ0v) is 17.4. The number of pyridine rings is 1. The summed E-state index contributed by atoms with van der Waals surface area (Å²) < 4.78 is 0. The van der Waals surface area contributed by atoms with E-state index < -0.39 is 0 Å². The van der Waals surface area contributed by atoms with Gasteiger partial charge >= 0.3 is 0 Å². The van der Waals surface area contributed by atoms with Crippen LogP contribution < -0.4 is 4.90 Å². The van der Waals surface area contributed by atoms with E-state index >= 15 is 0 Å². The van der Waals surface area contributed by atoms with Gasteiger partial charge in [-0.2, -0.15) is 0 Å². The molecule has 0 unspecified atom stereocenters. The first-order valence-corrected chi connectivity index (χ1v) is 12.3. The molecule has 2 aliphatic heterocycles. The summed E-state index contributed by atoms with van der Waals surface area (Å²) >= 11 is 7.16. The van der Waals surface area contributed by atoms with E-state index in [-0.39, 0.29) is 15.2 Å². The molecule has 1 fully saturated rings. The van der Waals surface area contributed by atoms with Gasteiger partial charge in [0.15, 0.2) is 5.78 Å². The third-order valence-corrected chi connectivity index (χ3v) is 8.42. The van der Waals surface area contributed by atoms with Gasteiger partial charge in [0.05, 0.1) is 11.9 Å². The number of hydrogen-bond acceptors (Lipinski definition) is 6. The number of nitrogens with zero attached hydrogens (tertiary/aromatic N) is 3. The molecule has 0 amide bonds. The van der Waals surface area contributed by atoms with Crippen molar-refractivity contribution in [1.29, 1.82) is 0 Å². The molecular formula is C19H23N3OS3. The number of Topliss-reactive ketones (excluding diaryl/α,β-unsaturated/α-hetero) is 1. The molecule has 2 aromatic heterocycles. The lowest BCUT2D eigenvalue weighted by atomic mass is 10.0. The summed E-state index contributed by atoms with van der Waals surface area (Å²) in [5.74, 6) is 2.42. The molecule has 2 aromatic rings. The summed E-state index contributed by atoms with van der Waals surface area (Å²) in [7, 11) is 0.172. The Balaban J connectivity index is 1.44. The molecule has 0 atom stereocenters. The van der Waals surface area contributed by atoms with Crippen molar-refractivity contribution in [3.05, 3.63) is 45.4 Å². The zero-order chi connectivity index (χ0) is 18.1. The molecule has 26 heavy (non-hydrogen) atoms. The Morgan fingerprint density at radius 2 is 2.12 bits per heavy atom. The van der Waals surface area contributed by atoms with Crippen LogP contribution in [0.15, 0.2) is 23.8 Å². The minimum Gasteiger partial charge on any atom is -0.369 e. The van der Waals surface area contributed by atoms with E-state index in [1.807, 2.05) is 17.8 Å². The number of carbonyl (C=O) groups excluding carboxylic acids is 1. The molecule has 138 valence electrons. The van der Waals surface area contributed by atoms with E-state index in [0.29, 0.717) is 0 Å². The van der Waals surface area contributed by atoms with Gasteiger partial charge in [-0.05, 0) is 30.5 Å². The second-order valence-corrected chi connectivity index (χ2v) is 11.0. The maximum absolute atomic E-state index is 11.7. The highest BCUT2D eigenvalue weighted by molar-refractivity contribution is 8.28. The van der Waals surface area contributed by atoms with Gasteiger partial charge in [0, 0.05) is 66.2 Å². The lowest BCUT2D eigenvalue weighted by molar-refractivity contribution is 0.101. The standard InChI is InChI=1S/C19H23N3OS3/c1-14(23)18-13-25-19-12-21(3-2-17(18)19)11-15-8-16(10-20-9-15)22-4-6-26(24)7-5-22/h8-10,13H,2-7,11-12H2,1H3. The summed E-state index contributed by atoms with van der Waals surface area (Å²) in [6.45, 7) is 6.60. The molecule has 0 radical (unpaired) electrons. The predicted molar refractivity (Wildman–Crippen MR) is 113 cm³/mol. The molecule has 0 aromatic carbocycles. The Hall–Kier alpha value is -1.15. The zero-order valence-electron chi connectivity index (χ0n) is 14.9. The van der Waals surface area contributed by atoms with E-state index in [0.717, 1.165) is 56.2 Å². The van der Waals surface area contributed by atoms with Gasteiger partial charge in [0.2, 0.25) is 0 Å². The van der Waals surface area contributed by atoms with Crippen LogP contribution in [0, 0.1) is 0 Å². The van der Waals surface area contributed by atoms with Gasteiger partial charge < -0.3 is 4.90 Å². The van der Waals surface area contributed by atoms with Crippen LogP contribution >= 0.6 is 11.3 Å². The van der Waals surface area contributed by atoms with Crippen LogP contribution in [0.1, 0.15) is 33.3 Å². The molecule has 0 saturated carbocycles. The SMILES string of the molecule is CC(=O)c1csc2c1CCN(Cc1cncc(N3CCS(=S)CC3)c1)C2. The fourth-order valence-electron chi connectivity index (χ4n) is 3.70. The quantitative estimate of drug-likeness (QED) is 0.731. The number of thiophene rings is 1. The van der Waals surface area contributed by atoms with Crippen LogP contribution in [-0.2, 0) is 40.2 Å². The van der Waals surface area contributed by atoms with Crippen molar-refractivity contribution in [3.8, 4) is 0 Å². The summed E-state index contributed by atoms with van der Waals surface area (Å²) in [6, 6.07) is 2.28. The topological polar surface area (TPSA) is 36.4 Å². The Bertz CT molecular complexity index is 838. The molecule has 0 aliphatic carbocycles. The van der Waals surface area contributed by atoms with Crippen LogP contribution in [0.5, 0.6) is 0 Å². The third kappa shape index (κ3) is 3.91. The van der Waals surface area contributed by atoms with E-state index in [1.165, 1.54) is 21.7 Å². The molecule has 7 heteroatoms. The normalized spacial score (nSPS) is 18.7. The van der Waals surface area contributed by atoms with Crippen LogP contribution in [0.25, 0.3) is 0 Å². The predicted octanol–water partition coefficient (Wildman–Crippen LogP) is 2.80. The Morgan fingerprint density at radius 3 is 2.88 bits per heavy atom. The van der Waals surface area contributed by atoms with Crippen LogP contribution in [0.4, 0.5) is 5.69 Å². The number of aromatic nitrogens is 1. The number of anilines is 1. The molecule has 1 saturated heterocycles. The molecule has 0 N–H and O–H groups in total. The highest BCUT2D eigenvalue weighted by atomic mass is 32.8. The summed E-state index contributed by atoms with van der Waals surface area (Å²) in [4.78, 5) is 22.4. The third-order valence-electron chi connectivity index (χ3n) is 5.13. The van der Waals surface area contributed by atoms with Gasteiger partial charge in [0.25, 0.3) is 0 Å². The second kappa shape index (κ2) is 7.84. The Labute approximate surface area is 165 Å². The smallest absolute Gasteiger partial charge is 0.160 e. The van der Waals surface area contributed by atoms with Crippen molar-refractivity contribution < 1.29 is 4.79 Å². The van der Waals surface area contributed by atoms with Crippen molar-refractivity contribution in [2.45, 2.75) is 26.4 Å². The van der Waals surface area contributed by atoms with E-state index in [2.05, 4.69) is 20.9 Å². The minimum absolute atomic E-state index is 0.172. The monoisotopic (exact) mass is 405 g/mol. The van der Waals surface area contributed by atoms with Crippen molar-refractivity contribution in [2.75, 3.05) is 36.0 Å². The summed E-state index contributed by atoms with van der Waals surface area (Å²) in [5.41, 5.74) is 4.69. The van der Waals surface area contributed by atoms with E-state index in [9.17, 15) is 4.79 Å². The van der Waals surface area contributed by atoms with Crippen LogP contribution in [0.3, 0.4) is 0 Å². The fourth-order valence-corrected chi connectivity index (χ4v) is 6.38. The molecule has 4 nitrogen and oxygen atoms in total. The largest absolute Gasteiger partial charge is 0.369 e. The highest BCUT2D eigenvalue weighted by Gasteiger charge is 2.23. The maximum atomic E-state index is 11.7. The van der Waals surface area contributed by atoms with Gasteiger partial charge in [-0.15, -0.1) is 20.8 Å². The van der Waals surface area contributed by atoms with Crippen molar-refractivity contribution in [1.82, 2.24) is 9.88 Å². The lowest BCUT2D eigenvalue weighted by Gasteiger charge is -2.30. The van der Waals surface area contributed by atoms with E-state index in [1.54, 1.807) is 18.3 Å². The van der Waals surface area contributed by atoms with Gasteiger partial charge in [-0.3, -0.25) is 14.7 Å². The first kappa shape index (κ1) is 18.2. The second-order valence-electron chi connectivity index (χ2n) is 6.95. The number of rotatable bonds is 4. The highest BCUT2D eigenvalue weighted by Crippen LogP contribution is 2.30. The first-order chi connectivity index (χ1) is 12.6. The van der Waals surface area contributed by atoms with E-state index in [4.69, 9.17) is 11.2 Å². The number of ketones is 1. The average Bonchev–Trinajstić information content (AvgIpc) is 3.06. The molecule has 0 spiro atoms. The molecule has 4 heterocycles. The lowest BCUT2D eigenvalue weighted by Crippen LogP contribution is -2.37. The summed E-state index contributed by atoms with van der Waals surface area (Å²) in [5, 5.41) is 2.03. The van der Waals surface area contributed by atoms with Gasteiger partial charge in [-0.1, -0.05) is 11.2 Å². The first-order valence-electron chi connectivity index (χ1n) is 8.96. The van der Waals surface area contributed by atoms with Crippen LogP contribution in [-0.4, -0.2) is 46.8 Å². The molecule has 4 rings (SSSR count). The maximum Gasteiger partial charge on any atom is 0.160 e. The summed E-state index contributed by atoms with van der Waals surface area (Å²) in [6.07, 6.45) is 4.92. The number of fused-ring (bicyclic) bond motifs is 1. The molecular weight excluding hydrogens is 382 g/mol. The molecule has 0 bridgehead atoms. The number of carbonyl (C=O) groups is 1. The average molecular weight is 406 g/mol. The van der Waals surface area contributed by atoms with Crippen molar-refractivity contribution in [2.24, 2.45) is 0 Å². The van der Waals surface area contributed by atoms with Crippen LogP contribution in [0.2, 0.25) is 0 Å². The minimum atomic E-state index is 0.172. The van der Waals surface area contributed by atoms with Gasteiger partial charge in [-0.25, -0.2) is 0 Å². The van der Waals surface area contributed by atoms with Crippen molar-refractivity contribution >= 4 is 43.4 Å². The van der Waals surface area contributed by atoms with Gasteiger partial charge in [0.1, 0.15) is 0 Å². The fraction of sp³-hybridized carbons (Fsp3) is 0.474.